The van der Waals surface area contributed by atoms with Crippen LogP contribution in [0.15, 0.2) is 0 Å². The van der Waals surface area contributed by atoms with Gasteiger partial charge >= 0.3 is 0 Å². The largest absolute Gasteiger partial charge is 0.340 e. The van der Waals surface area contributed by atoms with E-state index in [-0.39, 0.29) is 11.3 Å². The van der Waals surface area contributed by atoms with Crippen LogP contribution in [0.5, 0.6) is 0 Å². The average molecular weight is 183 g/mol. The summed E-state index contributed by atoms with van der Waals surface area (Å²) < 4.78 is 0. The lowest BCUT2D eigenvalue weighted by molar-refractivity contribution is -0.137. The molecule has 0 bridgehead atoms. The van der Waals surface area contributed by atoms with Gasteiger partial charge in [-0.1, -0.05) is 0 Å². The van der Waals surface area contributed by atoms with Crippen molar-refractivity contribution in [2.75, 3.05) is 32.7 Å². The standard InChI is InChI=1S/C9H17N3O/c10-7-9(1-2-9)8(13)12-5-3-11-4-6-12/h11H,1-7,10H2. The molecular formula is C9H17N3O. The fraction of sp³-hybridized carbons (Fsp3) is 0.889. The first-order valence-electron chi connectivity index (χ1n) is 4.99. The molecule has 4 nitrogen and oxygen atoms in total. The molecule has 74 valence electrons. The van der Waals surface area contributed by atoms with Gasteiger partial charge < -0.3 is 16.0 Å². The maximum absolute atomic E-state index is 11.9. The van der Waals surface area contributed by atoms with E-state index in [9.17, 15) is 4.79 Å². The van der Waals surface area contributed by atoms with Crippen LogP contribution in [0.1, 0.15) is 12.8 Å². The zero-order valence-electron chi connectivity index (χ0n) is 7.88. The number of piperazine rings is 1. The highest BCUT2D eigenvalue weighted by Crippen LogP contribution is 2.46. The van der Waals surface area contributed by atoms with Crippen molar-refractivity contribution in [3.8, 4) is 0 Å². The van der Waals surface area contributed by atoms with E-state index < -0.39 is 0 Å². The molecule has 0 unspecified atom stereocenters. The molecule has 1 saturated carbocycles. The normalized spacial score (nSPS) is 25.8. The molecule has 0 aromatic heterocycles. The van der Waals surface area contributed by atoms with Crippen LogP contribution in [0.4, 0.5) is 0 Å². The number of nitrogens with two attached hydrogens (primary N) is 1. The smallest absolute Gasteiger partial charge is 0.230 e. The van der Waals surface area contributed by atoms with E-state index in [0.717, 1.165) is 39.0 Å². The number of carbonyl (C=O) groups is 1. The van der Waals surface area contributed by atoms with E-state index in [1.165, 1.54) is 0 Å². The van der Waals surface area contributed by atoms with Crippen molar-refractivity contribution >= 4 is 5.91 Å². The fourth-order valence-corrected chi connectivity index (χ4v) is 1.86. The number of nitrogens with zero attached hydrogens (tertiary/aromatic N) is 1. The van der Waals surface area contributed by atoms with Gasteiger partial charge in [0.25, 0.3) is 0 Å². The van der Waals surface area contributed by atoms with Gasteiger partial charge in [0.2, 0.25) is 5.91 Å². The molecule has 3 N–H and O–H groups in total. The number of hydrogen-bond acceptors (Lipinski definition) is 3. The van der Waals surface area contributed by atoms with Gasteiger partial charge in [0.1, 0.15) is 0 Å². The molecule has 0 aromatic rings. The van der Waals surface area contributed by atoms with Crippen LogP contribution < -0.4 is 11.1 Å². The molecule has 0 atom stereocenters. The maximum Gasteiger partial charge on any atom is 0.230 e. The van der Waals surface area contributed by atoms with Crippen molar-refractivity contribution < 1.29 is 4.79 Å². The summed E-state index contributed by atoms with van der Waals surface area (Å²) in [6.07, 6.45) is 1.98. The van der Waals surface area contributed by atoms with Gasteiger partial charge in [-0.05, 0) is 12.8 Å². The maximum atomic E-state index is 11.9. The van der Waals surface area contributed by atoms with Crippen molar-refractivity contribution in [3.63, 3.8) is 0 Å². The van der Waals surface area contributed by atoms with Gasteiger partial charge in [-0.2, -0.15) is 0 Å². The predicted molar refractivity (Wildman–Crippen MR) is 50.2 cm³/mol. The van der Waals surface area contributed by atoms with Crippen LogP contribution in [0, 0.1) is 5.41 Å². The molecule has 1 saturated heterocycles. The van der Waals surface area contributed by atoms with E-state index in [2.05, 4.69) is 5.32 Å². The first kappa shape index (κ1) is 8.97. The van der Waals surface area contributed by atoms with Gasteiger partial charge in [0.15, 0.2) is 0 Å². The lowest BCUT2D eigenvalue weighted by Gasteiger charge is -2.30. The molecule has 1 aliphatic carbocycles. The summed E-state index contributed by atoms with van der Waals surface area (Å²) in [7, 11) is 0. The molecular weight excluding hydrogens is 166 g/mol. The van der Waals surface area contributed by atoms with Crippen molar-refractivity contribution in [2.45, 2.75) is 12.8 Å². The monoisotopic (exact) mass is 183 g/mol. The molecule has 13 heavy (non-hydrogen) atoms. The first-order valence-corrected chi connectivity index (χ1v) is 4.99. The summed E-state index contributed by atoms with van der Waals surface area (Å²) in [6.45, 7) is 4.07. The lowest BCUT2D eigenvalue weighted by Crippen LogP contribution is -2.50. The molecule has 2 fully saturated rings. The van der Waals surface area contributed by atoms with Crippen molar-refractivity contribution in [3.05, 3.63) is 0 Å². The Labute approximate surface area is 78.5 Å². The van der Waals surface area contributed by atoms with Crippen LogP contribution in [-0.4, -0.2) is 43.5 Å². The van der Waals surface area contributed by atoms with Crippen molar-refractivity contribution in [1.82, 2.24) is 10.2 Å². The molecule has 1 aliphatic heterocycles. The second kappa shape index (κ2) is 3.27. The van der Waals surface area contributed by atoms with E-state index >= 15 is 0 Å². The van der Waals surface area contributed by atoms with Crippen LogP contribution in [0.25, 0.3) is 0 Å². The average Bonchev–Trinajstić information content (AvgIpc) is 2.99. The van der Waals surface area contributed by atoms with Gasteiger partial charge in [-0.15, -0.1) is 0 Å². The molecule has 0 radical (unpaired) electrons. The minimum Gasteiger partial charge on any atom is -0.340 e. The molecule has 4 heteroatoms. The number of hydrogen-bond donors (Lipinski definition) is 2. The lowest BCUT2D eigenvalue weighted by atomic mass is 10.1. The number of nitrogens with one attached hydrogen (secondary N) is 1. The molecule has 0 spiro atoms. The zero-order valence-corrected chi connectivity index (χ0v) is 7.88. The molecule has 2 aliphatic rings. The third-order valence-electron chi connectivity index (χ3n) is 3.10. The second-order valence-corrected chi connectivity index (χ2v) is 4.03. The zero-order chi connectivity index (χ0) is 9.31. The Hall–Kier alpha value is -0.610. The van der Waals surface area contributed by atoms with Gasteiger partial charge in [0.05, 0.1) is 5.41 Å². The highest BCUT2D eigenvalue weighted by molar-refractivity contribution is 5.85. The molecule has 0 aromatic carbocycles. The van der Waals surface area contributed by atoms with Gasteiger partial charge in [-0.3, -0.25) is 4.79 Å². The summed E-state index contributed by atoms with van der Waals surface area (Å²) in [5.74, 6) is 0.288. The Morgan fingerprint density at radius 2 is 2.00 bits per heavy atom. The third kappa shape index (κ3) is 1.56. The minimum absolute atomic E-state index is 0.155. The van der Waals surface area contributed by atoms with Crippen LogP contribution in [0.2, 0.25) is 0 Å². The summed E-state index contributed by atoms with van der Waals surface area (Å²) in [4.78, 5) is 13.9. The Morgan fingerprint density at radius 3 is 2.46 bits per heavy atom. The summed E-state index contributed by atoms with van der Waals surface area (Å²) in [5, 5.41) is 3.23. The van der Waals surface area contributed by atoms with E-state index in [1.54, 1.807) is 0 Å². The predicted octanol–water partition coefficient (Wildman–Crippen LogP) is -0.843. The second-order valence-electron chi connectivity index (χ2n) is 4.03. The van der Waals surface area contributed by atoms with Gasteiger partial charge in [0, 0.05) is 32.7 Å². The highest BCUT2D eigenvalue weighted by atomic mass is 16.2. The van der Waals surface area contributed by atoms with Crippen LogP contribution in [-0.2, 0) is 4.79 Å². The third-order valence-corrected chi connectivity index (χ3v) is 3.10. The molecule has 2 rings (SSSR count). The number of carbonyl (C=O) groups excluding carboxylic acids is 1. The minimum atomic E-state index is -0.155. The van der Waals surface area contributed by atoms with Crippen LogP contribution in [0.3, 0.4) is 0 Å². The first-order chi connectivity index (χ1) is 6.28. The summed E-state index contributed by atoms with van der Waals surface area (Å²) >= 11 is 0. The number of amides is 1. The topological polar surface area (TPSA) is 58.4 Å². The summed E-state index contributed by atoms with van der Waals surface area (Å²) in [6, 6.07) is 0. The van der Waals surface area contributed by atoms with E-state index in [1.807, 2.05) is 4.90 Å². The Balaban J connectivity index is 1.95. The quantitative estimate of drug-likeness (QED) is 0.586. The number of rotatable bonds is 2. The molecule has 1 amide bonds. The van der Waals surface area contributed by atoms with E-state index in [4.69, 9.17) is 5.73 Å². The SMILES string of the molecule is NCC1(C(=O)N2CCNCC2)CC1. The Morgan fingerprint density at radius 1 is 1.38 bits per heavy atom. The van der Waals surface area contributed by atoms with Gasteiger partial charge in [-0.25, -0.2) is 0 Å². The Bertz CT molecular complexity index is 207. The van der Waals surface area contributed by atoms with Crippen LogP contribution >= 0.6 is 0 Å². The molecule has 1 heterocycles. The van der Waals surface area contributed by atoms with Crippen molar-refractivity contribution in [1.29, 1.82) is 0 Å². The van der Waals surface area contributed by atoms with Crippen molar-refractivity contribution in [2.24, 2.45) is 11.1 Å². The highest BCUT2D eigenvalue weighted by Gasteiger charge is 2.50. The Kier molecular flexibility index (Phi) is 2.26. The summed E-state index contributed by atoms with van der Waals surface area (Å²) in [5.41, 5.74) is 5.46. The fourth-order valence-electron chi connectivity index (χ4n) is 1.86. The van der Waals surface area contributed by atoms with E-state index in [0.29, 0.717) is 6.54 Å².